The number of hydrogen-bond donors (Lipinski definition) is 1. The fraction of sp³-hybridized carbons (Fsp3) is 0.485. The zero-order valence-electron chi connectivity index (χ0n) is 25.9. The van der Waals surface area contributed by atoms with Crippen molar-refractivity contribution in [2.45, 2.75) is 63.2 Å². The molecule has 1 aromatic carbocycles. The first-order valence-corrected chi connectivity index (χ1v) is 17.7. The molecule has 0 amide bonds. The predicted molar refractivity (Wildman–Crippen MR) is 168 cm³/mol. The van der Waals surface area contributed by atoms with Crippen molar-refractivity contribution in [3.63, 3.8) is 0 Å². The van der Waals surface area contributed by atoms with E-state index in [1.807, 2.05) is 12.3 Å². The Morgan fingerprint density at radius 1 is 1.09 bits per heavy atom. The largest absolute Gasteiger partial charge is 0.490 e. The fourth-order valence-electron chi connectivity index (χ4n) is 6.63. The Morgan fingerprint density at radius 3 is 2.57 bits per heavy atom. The molecular weight excluding hydrogens is 616 g/mol. The van der Waals surface area contributed by atoms with Gasteiger partial charge in [0, 0.05) is 56.1 Å². The summed E-state index contributed by atoms with van der Waals surface area (Å²) < 4.78 is 72.5. The van der Waals surface area contributed by atoms with Gasteiger partial charge in [-0.3, -0.25) is 4.98 Å². The minimum atomic E-state index is -3.12. The molecule has 0 radical (unpaired) electrons. The second-order valence-corrected chi connectivity index (χ2v) is 14.7. The van der Waals surface area contributed by atoms with Crippen molar-refractivity contribution in [2.75, 3.05) is 31.8 Å². The highest BCUT2D eigenvalue weighted by Crippen LogP contribution is 2.39. The number of ether oxygens (including phenoxy) is 3. The van der Waals surface area contributed by atoms with E-state index < -0.39 is 21.5 Å². The third kappa shape index (κ3) is 7.38. The van der Waals surface area contributed by atoms with Crippen LogP contribution in [-0.2, 0) is 25.7 Å². The molecule has 0 unspecified atom stereocenters. The van der Waals surface area contributed by atoms with Crippen molar-refractivity contribution in [3.05, 3.63) is 77.5 Å². The summed E-state index contributed by atoms with van der Waals surface area (Å²) >= 11 is 0. The number of nitrogens with zero attached hydrogens (tertiary/aromatic N) is 4. The first-order chi connectivity index (χ1) is 22.1. The van der Waals surface area contributed by atoms with E-state index >= 15 is 8.78 Å². The highest BCUT2D eigenvalue weighted by Gasteiger charge is 2.36. The Balaban J connectivity index is 1.21. The van der Waals surface area contributed by atoms with Gasteiger partial charge in [0.1, 0.15) is 39.1 Å². The smallest absolute Gasteiger partial charge is 0.149 e. The summed E-state index contributed by atoms with van der Waals surface area (Å²) in [7, 11) is -3.12. The molecule has 4 atom stereocenters. The van der Waals surface area contributed by atoms with Crippen molar-refractivity contribution >= 4 is 15.4 Å². The number of aromatic nitrogens is 4. The van der Waals surface area contributed by atoms with Crippen LogP contribution in [0, 0.1) is 17.6 Å². The summed E-state index contributed by atoms with van der Waals surface area (Å²) in [6.07, 6.45) is 9.26. The number of benzene rings is 1. The molecule has 246 valence electrons. The lowest BCUT2D eigenvalue weighted by Gasteiger charge is -2.39. The zero-order valence-corrected chi connectivity index (χ0v) is 26.8. The first kappa shape index (κ1) is 32.4. The van der Waals surface area contributed by atoms with Crippen LogP contribution in [0.4, 0.5) is 8.78 Å². The van der Waals surface area contributed by atoms with Gasteiger partial charge in [0.25, 0.3) is 0 Å². The minimum Gasteiger partial charge on any atom is -0.490 e. The Labute approximate surface area is 267 Å². The van der Waals surface area contributed by atoms with E-state index in [1.165, 1.54) is 18.4 Å². The van der Waals surface area contributed by atoms with Crippen molar-refractivity contribution in [2.24, 2.45) is 11.7 Å². The molecule has 13 heteroatoms. The van der Waals surface area contributed by atoms with Crippen LogP contribution in [0.5, 0.6) is 5.75 Å². The molecule has 1 saturated heterocycles. The lowest BCUT2D eigenvalue weighted by atomic mass is 9.73. The number of hydrogen-bond acceptors (Lipinski definition) is 9. The van der Waals surface area contributed by atoms with Gasteiger partial charge in [0.05, 0.1) is 54.6 Å². The van der Waals surface area contributed by atoms with Gasteiger partial charge in [0.2, 0.25) is 0 Å². The topological polar surface area (TPSA) is 131 Å². The number of halogens is 2. The number of nitrogens with two attached hydrogens (primary N) is 1. The van der Waals surface area contributed by atoms with Crippen LogP contribution >= 0.6 is 0 Å². The van der Waals surface area contributed by atoms with Crippen LogP contribution in [0.1, 0.15) is 55.5 Å². The summed E-state index contributed by atoms with van der Waals surface area (Å²) in [5.74, 6) is -0.561. The van der Waals surface area contributed by atoms with Crippen LogP contribution in [0.15, 0.2) is 48.9 Å². The predicted octanol–water partition coefficient (Wildman–Crippen LogP) is 4.49. The van der Waals surface area contributed by atoms with Gasteiger partial charge in [-0.25, -0.2) is 26.7 Å². The average molecular weight is 656 g/mol. The van der Waals surface area contributed by atoms with Gasteiger partial charge in [-0.2, -0.15) is 5.10 Å². The number of imidazole rings is 1. The lowest BCUT2D eigenvalue weighted by molar-refractivity contribution is -0.0154. The SMILES string of the molecule is C[C@H]1C[C@@H](c2ccncc2Cc2ncc3ccc(-c4c(F)cc(OC5CCOCC5)cc4F)nn23)C[C@@H](N)[C@H]1OCCS(C)(=O)=O. The summed E-state index contributed by atoms with van der Waals surface area (Å²) in [4.78, 5) is 8.96. The third-order valence-corrected chi connectivity index (χ3v) is 9.80. The zero-order chi connectivity index (χ0) is 32.4. The van der Waals surface area contributed by atoms with Gasteiger partial charge in [-0.1, -0.05) is 6.92 Å². The summed E-state index contributed by atoms with van der Waals surface area (Å²) in [6.45, 7) is 3.32. The Kier molecular flexibility index (Phi) is 9.64. The van der Waals surface area contributed by atoms with Gasteiger partial charge in [0.15, 0.2) is 0 Å². The second kappa shape index (κ2) is 13.7. The third-order valence-electron chi connectivity index (χ3n) is 8.89. The molecule has 4 heterocycles. The summed E-state index contributed by atoms with van der Waals surface area (Å²) in [6, 6.07) is 7.45. The van der Waals surface area contributed by atoms with Gasteiger partial charge < -0.3 is 19.9 Å². The van der Waals surface area contributed by atoms with E-state index in [1.54, 1.807) is 29.0 Å². The quantitative estimate of drug-likeness (QED) is 0.263. The molecule has 10 nitrogen and oxygen atoms in total. The van der Waals surface area contributed by atoms with Gasteiger partial charge in [-0.15, -0.1) is 0 Å². The van der Waals surface area contributed by atoms with Crippen LogP contribution in [0.3, 0.4) is 0 Å². The number of sulfone groups is 1. The molecule has 46 heavy (non-hydrogen) atoms. The molecule has 0 bridgehead atoms. The highest BCUT2D eigenvalue weighted by atomic mass is 32.2. The fourth-order valence-corrected chi connectivity index (χ4v) is 7.03. The molecule has 1 saturated carbocycles. The van der Waals surface area contributed by atoms with E-state index in [2.05, 4.69) is 22.0 Å². The van der Waals surface area contributed by atoms with Crippen LogP contribution in [-0.4, -0.2) is 78.1 Å². The lowest BCUT2D eigenvalue weighted by Crippen LogP contribution is -2.47. The van der Waals surface area contributed by atoms with Gasteiger partial charge >= 0.3 is 0 Å². The number of fused-ring (bicyclic) bond motifs is 1. The molecule has 2 fully saturated rings. The van der Waals surface area contributed by atoms with Crippen LogP contribution in [0.25, 0.3) is 16.8 Å². The Bertz CT molecular complexity index is 1760. The van der Waals surface area contributed by atoms with E-state index in [0.29, 0.717) is 50.2 Å². The molecule has 1 aliphatic heterocycles. The normalized spacial score (nSPS) is 22.7. The molecular formula is C33H39F2N5O5S. The maximum atomic E-state index is 15.3. The molecule has 1 aliphatic carbocycles. The van der Waals surface area contributed by atoms with Crippen molar-refractivity contribution in [1.82, 2.24) is 19.6 Å². The van der Waals surface area contributed by atoms with Crippen LogP contribution in [0.2, 0.25) is 0 Å². The maximum Gasteiger partial charge on any atom is 0.149 e. The van der Waals surface area contributed by atoms with Crippen molar-refractivity contribution < 1.29 is 31.4 Å². The molecule has 2 aliphatic rings. The van der Waals surface area contributed by atoms with Crippen molar-refractivity contribution in [3.8, 4) is 17.0 Å². The van der Waals surface area contributed by atoms with E-state index in [-0.39, 0.29) is 59.5 Å². The van der Waals surface area contributed by atoms with Crippen LogP contribution < -0.4 is 10.5 Å². The van der Waals surface area contributed by atoms with E-state index in [0.717, 1.165) is 17.5 Å². The highest BCUT2D eigenvalue weighted by molar-refractivity contribution is 7.90. The molecule has 0 spiro atoms. The Hall–Kier alpha value is -3.52. The Morgan fingerprint density at radius 2 is 1.85 bits per heavy atom. The average Bonchev–Trinajstić information content (AvgIpc) is 3.40. The monoisotopic (exact) mass is 655 g/mol. The minimum absolute atomic E-state index is 0.0372. The summed E-state index contributed by atoms with van der Waals surface area (Å²) in [5.41, 5.74) is 9.21. The van der Waals surface area contributed by atoms with Crippen molar-refractivity contribution in [1.29, 1.82) is 0 Å². The standard InChI is InChI=1S/C33H39F2N5O5S/c1-20-13-21(14-29(36)33(20)44-11-12-46(2,41)42)26-5-8-37-18-22(26)15-31-38-19-23-3-4-30(39-40(23)31)32-27(34)16-25(17-28(32)35)45-24-6-9-43-10-7-24/h3-5,8,16-21,24,29,33H,6-7,9-15,36H2,1-2H3/t20-,21+,29+,33-/m0/s1. The van der Waals surface area contributed by atoms with E-state index in [4.69, 9.17) is 19.9 Å². The van der Waals surface area contributed by atoms with Gasteiger partial charge in [-0.05, 0) is 54.0 Å². The number of rotatable bonds is 10. The molecule has 4 aromatic rings. The maximum absolute atomic E-state index is 15.3. The molecule has 6 rings (SSSR count). The van der Waals surface area contributed by atoms with E-state index in [9.17, 15) is 8.42 Å². The second-order valence-electron chi connectivity index (χ2n) is 12.4. The summed E-state index contributed by atoms with van der Waals surface area (Å²) in [5, 5.41) is 4.61. The molecule has 3 aromatic heterocycles. The number of pyridine rings is 1. The molecule has 2 N–H and O–H groups in total. The first-order valence-electron chi connectivity index (χ1n) is 15.6.